The summed E-state index contributed by atoms with van der Waals surface area (Å²) in [7, 11) is -1.94. The molecule has 2 fully saturated rings. The molecule has 2 aromatic carbocycles. The van der Waals surface area contributed by atoms with Crippen molar-refractivity contribution in [2.24, 2.45) is 0 Å². The summed E-state index contributed by atoms with van der Waals surface area (Å²) in [5.74, 6) is 0.687. The highest BCUT2D eigenvalue weighted by atomic mass is 32.2. The number of hydrogen-bond donors (Lipinski definition) is 1. The molecule has 0 unspecified atom stereocenters. The molecule has 2 aromatic rings. The first-order chi connectivity index (χ1) is 14.5. The van der Waals surface area contributed by atoms with Crippen molar-refractivity contribution < 1.29 is 17.9 Å². The predicted molar refractivity (Wildman–Crippen MR) is 116 cm³/mol. The first-order valence-corrected chi connectivity index (χ1v) is 11.8. The van der Waals surface area contributed by atoms with Gasteiger partial charge in [0.15, 0.2) is 0 Å². The average Bonchev–Trinajstić information content (AvgIpc) is 3.60. The largest absolute Gasteiger partial charge is 0.497 e. The van der Waals surface area contributed by atoms with Gasteiger partial charge in [0.25, 0.3) is 5.91 Å². The van der Waals surface area contributed by atoms with Gasteiger partial charge in [-0.15, -0.1) is 0 Å². The lowest BCUT2D eigenvalue weighted by atomic mass is 10.2. The Morgan fingerprint density at radius 2 is 1.80 bits per heavy atom. The SMILES string of the molecule is COc1ccc(N2CCCN(C(=O)c3cccc(S(=O)(=O)NC4CC4)c3)CC2)cc1. The molecule has 0 spiro atoms. The zero-order valence-electron chi connectivity index (χ0n) is 17.1. The van der Waals surface area contributed by atoms with Crippen LogP contribution in [0.1, 0.15) is 29.6 Å². The number of methoxy groups -OCH3 is 1. The molecule has 7 nitrogen and oxygen atoms in total. The zero-order valence-corrected chi connectivity index (χ0v) is 17.9. The molecule has 2 aliphatic rings. The summed E-state index contributed by atoms with van der Waals surface area (Å²) in [6.07, 6.45) is 2.59. The highest BCUT2D eigenvalue weighted by Gasteiger charge is 2.29. The van der Waals surface area contributed by atoms with Gasteiger partial charge in [0, 0.05) is 43.5 Å². The number of nitrogens with one attached hydrogen (secondary N) is 1. The number of rotatable bonds is 6. The Labute approximate surface area is 177 Å². The smallest absolute Gasteiger partial charge is 0.253 e. The molecule has 1 aliphatic carbocycles. The normalized spacial score (nSPS) is 17.5. The van der Waals surface area contributed by atoms with Crippen molar-refractivity contribution in [3.8, 4) is 5.75 Å². The van der Waals surface area contributed by atoms with E-state index in [4.69, 9.17) is 4.74 Å². The van der Waals surface area contributed by atoms with Gasteiger partial charge in [0.1, 0.15) is 5.75 Å². The maximum atomic E-state index is 13.1. The summed E-state index contributed by atoms with van der Waals surface area (Å²) in [6, 6.07) is 14.3. The van der Waals surface area contributed by atoms with Gasteiger partial charge in [-0.1, -0.05) is 6.07 Å². The van der Waals surface area contributed by atoms with E-state index in [-0.39, 0.29) is 16.8 Å². The highest BCUT2D eigenvalue weighted by Crippen LogP contribution is 2.24. The molecule has 8 heteroatoms. The van der Waals surface area contributed by atoms with Gasteiger partial charge in [-0.25, -0.2) is 13.1 Å². The standard InChI is InChI=1S/C22H27N3O4S/c1-29-20-10-8-19(9-11-20)24-12-3-13-25(15-14-24)22(26)17-4-2-5-21(16-17)30(27,28)23-18-6-7-18/h2,4-5,8-11,16,18,23H,3,6-7,12-15H2,1H3. The van der Waals surface area contributed by atoms with Crippen LogP contribution in [0.25, 0.3) is 0 Å². The number of amides is 1. The van der Waals surface area contributed by atoms with Crippen molar-refractivity contribution in [2.75, 3.05) is 38.2 Å². The Morgan fingerprint density at radius 3 is 2.50 bits per heavy atom. The second-order valence-electron chi connectivity index (χ2n) is 7.75. The van der Waals surface area contributed by atoms with E-state index in [9.17, 15) is 13.2 Å². The van der Waals surface area contributed by atoms with E-state index < -0.39 is 10.0 Å². The van der Waals surface area contributed by atoms with Gasteiger partial charge >= 0.3 is 0 Å². The van der Waals surface area contributed by atoms with Crippen LogP contribution in [-0.4, -0.2) is 58.6 Å². The van der Waals surface area contributed by atoms with E-state index in [0.717, 1.165) is 43.8 Å². The van der Waals surface area contributed by atoms with Crippen molar-refractivity contribution in [3.63, 3.8) is 0 Å². The maximum Gasteiger partial charge on any atom is 0.253 e. The molecular formula is C22H27N3O4S. The fourth-order valence-electron chi connectivity index (χ4n) is 3.64. The van der Waals surface area contributed by atoms with Gasteiger partial charge in [-0.2, -0.15) is 0 Å². The van der Waals surface area contributed by atoms with Crippen molar-refractivity contribution in [1.82, 2.24) is 9.62 Å². The van der Waals surface area contributed by atoms with Gasteiger partial charge in [0.05, 0.1) is 12.0 Å². The van der Waals surface area contributed by atoms with Gasteiger partial charge in [-0.3, -0.25) is 4.79 Å². The molecule has 1 aliphatic heterocycles. The quantitative estimate of drug-likeness (QED) is 0.763. The van der Waals surface area contributed by atoms with E-state index in [1.807, 2.05) is 29.2 Å². The number of ether oxygens (including phenoxy) is 1. The Hall–Kier alpha value is -2.58. The second-order valence-corrected chi connectivity index (χ2v) is 9.47. The fraction of sp³-hybridized carbons (Fsp3) is 0.409. The topological polar surface area (TPSA) is 79.0 Å². The number of nitrogens with zero attached hydrogens (tertiary/aromatic N) is 2. The molecule has 1 heterocycles. The molecule has 0 aromatic heterocycles. The Bertz CT molecular complexity index is 1000. The number of hydrogen-bond acceptors (Lipinski definition) is 5. The number of carbonyl (C=O) groups excluding carboxylic acids is 1. The summed E-state index contributed by atoms with van der Waals surface area (Å²) in [5, 5.41) is 0. The van der Waals surface area contributed by atoms with E-state index >= 15 is 0 Å². The van der Waals surface area contributed by atoms with Crippen molar-refractivity contribution >= 4 is 21.6 Å². The van der Waals surface area contributed by atoms with Crippen LogP contribution in [0.3, 0.4) is 0 Å². The Kier molecular flexibility index (Phi) is 5.97. The Morgan fingerprint density at radius 1 is 1.03 bits per heavy atom. The van der Waals surface area contributed by atoms with Crippen LogP contribution in [0.2, 0.25) is 0 Å². The summed E-state index contributed by atoms with van der Waals surface area (Å²) in [5.41, 5.74) is 1.51. The van der Waals surface area contributed by atoms with Crippen LogP contribution in [0, 0.1) is 0 Å². The highest BCUT2D eigenvalue weighted by molar-refractivity contribution is 7.89. The molecule has 160 valence electrons. The molecule has 0 radical (unpaired) electrons. The molecule has 30 heavy (non-hydrogen) atoms. The molecule has 0 atom stereocenters. The zero-order chi connectivity index (χ0) is 21.1. The lowest BCUT2D eigenvalue weighted by molar-refractivity contribution is 0.0767. The van der Waals surface area contributed by atoms with E-state index in [1.54, 1.807) is 19.2 Å². The van der Waals surface area contributed by atoms with Crippen LogP contribution in [0.15, 0.2) is 53.4 Å². The van der Waals surface area contributed by atoms with Crippen molar-refractivity contribution in [3.05, 3.63) is 54.1 Å². The third-order valence-electron chi connectivity index (χ3n) is 5.51. The molecular weight excluding hydrogens is 402 g/mol. The number of anilines is 1. The summed E-state index contributed by atoms with van der Waals surface area (Å²) in [4.78, 5) is 17.3. The van der Waals surface area contributed by atoms with Crippen LogP contribution in [0.5, 0.6) is 5.75 Å². The molecule has 4 rings (SSSR count). The molecule has 0 bridgehead atoms. The van der Waals surface area contributed by atoms with Gasteiger partial charge in [0.2, 0.25) is 10.0 Å². The van der Waals surface area contributed by atoms with Crippen molar-refractivity contribution in [1.29, 1.82) is 0 Å². The van der Waals surface area contributed by atoms with Gasteiger partial charge < -0.3 is 14.5 Å². The van der Waals surface area contributed by atoms with E-state index in [1.165, 1.54) is 12.1 Å². The van der Waals surface area contributed by atoms with Crippen LogP contribution in [-0.2, 0) is 10.0 Å². The molecule has 1 saturated carbocycles. The maximum absolute atomic E-state index is 13.1. The Balaban J connectivity index is 1.44. The average molecular weight is 430 g/mol. The third kappa shape index (κ3) is 4.76. The monoisotopic (exact) mass is 429 g/mol. The number of sulfonamides is 1. The summed E-state index contributed by atoms with van der Waals surface area (Å²) >= 11 is 0. The predicted octanol–water partition coefficient (Wildman–Crippen LogP) is 2.49. The summed E-state index contributed by atoms with van der Waals surface area (Å²) in [6.45, 7) is 2.81. The van der Waals surface area contributed by atoms with E-state index in [0.29, 0.717) is 18.7 Å². The van der Waals surface area contributed by atoms with Gasteiger partial charge in [-0.05, 0) is 61.7 Å². The number of carbonyl (C=O) groups is 1. The first-order valence-electron chi connectivity index (χ1n) is 10.3. The lowest BCUT2D eigenvalue weighted by Crippen LogP contribution is -2.35. The fourth-order valence-corrected chi connectivity index (χ4v) is 4.99. The molecule has 1 amide bonds. The van der Waals surface area contributed by atoms with Crippen LogP contribution < -0.4 is 14.4 Å². The minimum Gasteiger partial charge on any atom is -0.497 e. The summed E-state index contributed by atoms with van der Waals surface area (Å²) < 4.78 is 32.8. The minimum absolute atomic E-state index is 0.0314. The van der Waals surface area contributed by atoms with E-state index in [2.05, 4.69) is 9.62 Å². The third-order valence-corrected chi connectivity index (χ3v) is 7.03. The van der Waals surface area contributed by atoms with Crippen LogP contribution in [0.4, 0.5) is 5.69 Å². The van der Waals surface area contributed by atoms with Crippen molar-refractivity contribution in [2.45, 2.75) is 30.2 Å². The molecule has 1 saturated heterocycles. The molecule has 1 N–H and O–H groups in total. The lowest BCUT2D eigenvalue weighted by Gasteiger charge is -2.24. The second kappa shape index (κ2) is 8.65. The number of benzene rings is 2. The first kappa shape index (κ1) is 20.7. The minimum atomic E-state index is -3.58. The van der Waals surface area contributed by atoms with Crippen LogP contribution >= 0.6 is 0 Å².